The number of fused-ring (bicyclic) bond motifs is 8. The Kier molecular flexibility index (Phi) is 2.88. The van der Waals surface area contributed by atoms with E-state index in [0.29, 0.717) is 0 Å². The molecule has 3 heteroatoms. The maximum Gasteiger partial charge on any atom is 0.146 e. The second kappa shape index (κ2) is 5.39. The summed E-state index contributed by atoms with van der Waals surface area (Å²) in [4.78, 5) is 9.07. The average molecular weight is 345 g/mol. The van der Waals surface area contributed by atoms with E-state index in [0.717, 1.165) is 16.7 Å². The summed E-state index contributed by atoms with van der Waals surface area (Å²) >= 11 is 0. The molecule has 0 fully saturated rings. The fraction of sp³-hybridized carbons (Fsp3) is 0. The van der Waals surface area contributed by atoms with Gasteiger partial charge < -0.3 is 0 Å². The van der Waals surface area contributed by atoms with E-state index in [1.807, 2.05) is 18.5 Å². The highest BCUT2D eigenvalue weighted by atomic mass is 15.0. The molecule has 0 saturated carbocycles. The fourth-order valence-corrected chi connectivity index (χ4v) is 4.03. The smallest absolute Gasteiger partial charge is 0.146 e. The zero-order valence-corrected chi connectivity index (χ0v) is 14.5. The number of para-hydroxylation sites is 2. The second-order valence-electron chi connectivity index (χ2n) is 6.77. The van der Waals surface area contributed by atoms with Crippen LogP contribution in [0.4, 0.5) is 0 Å². The number of pyridine rings is 2. The minimum atomic E-state index is 1.01. The van der Waals surface area contributed by atoms with Gasteiger partial charge in [0.2, 0.25) is 0 Å². The van der Waals surface area contributed by atoms with Crippen LogP contribution in [0.25, 0.3) is 49.5 Å². The van der Waals surface area contributed by atoms with Crippen LogP contribution in [0.2, 0.25) is 0 Å². The molecule has 0 radical (unpaired) electrons. The lowest BCUT2D eigenvalue weighted by atomic mass is 10.0. The van der Waals surface area contributed by atoms with Crippen molar-refractivity contribution in [3.05, 3.63) is 91.3 Å². The summed E-state index contributed by atoms with van der Waals surface area (Å²) in [5.74, 6) is 0. The van der Waals surface area contributed by atoms with Crippen molar-refractivity contribution in [1.82, 2.24) is 14.4 Å². The third-order valence-corrected chi connectivity index (χ3v) is 5.27. The van der Waals surface area contributed by atoms with Gasteiger partial charge in [0.25, 0.3) is 0 Å². The lowest BCUT2D eigenvalue weighted by Crippen LogP contribution is -1.92. The molecule has 0 amide bonds. The molecule has 0 unspecified atom stereocenters. The summed E-state index contributed by atoms with van der Waals surface area (Å²) in [7, 11) is 0. The Morgan fingerprint density at radius 3 is 2.26 bits per heavy atom. The Morgan fingerprint density at radius 1 is 0.593 bits per heavy atom. The summed E-state index contributed by atoms with van der Waals surface area (Å²) in [5.41, 5.74) is 6.71. The third kappa shape index (κ3) is 2.02. The van der Waals surface area contributed by atoms with Crippen LogP contribution in [0, 0.1) is 0 Å². The van der Waals surface area contributed by atoms with Crippen molar-refractivity contribution in [3.8, 4) is 11.1 Å². The highest BCUT2D eigenvalue weighted by Crippen LogP contribution is 2.34. The largest absolute Gasteiger partial charge is 0.292 e. The molecule has 126 valence electrons. The van der Waals surface area contributed by atoms with Crippen LogP contribution < -0.4 is 0 Å². The number of aromatic nitrogens is 3. The predicted octanol–water partition coefficient (Wildman–Crippen LogP) is 5.86. The van der Waals surface area contributed by atoms with Crippen LogP contribution in [-0.2, 0) is 0 Å². The number of rotatable bonds is 1. The first-order valence-corrected chi connectivity index (χ1v) is 9.02. The van der Waals surface area contributed by atoms with Crippen LogP contribution in [-0.4, -0.2) is 14.4 Å². The van der Waals surface area contributed by atoms with Gasteiger partial charge in [0, 0.05) is 23.2 Å². The molecule has 0 bridgehead atoms. The highest BCUT2D eigenvalue weighted by molar-refractivity contribution is 6.14. The van der Waals surface area contributed by atoms with E-state index in [-0.39, 0.29) is 0 Å². The van der Waals surface area contributed by atoms with E-state index in [2.05, 4.69) is 82.2 Å². The van der Waals surface area contributed by atoms with Crippen molar-refractivity contribution in [1.29, 1.82) is 0 Å². The number of hydrogen-bond donors (Lipinski definition) is 0. The van der Waals surface area contributed by atoms with E-state index < -0.39 is 0 Å². The molecular formula is C24H15N3. The first-order chi connectivity index (χ1) is 13.4. The lowest BCUT2D eigenvalue weighted by Gasteiger charge is -2.11. The lowest BCUT2D eigenvalue weighted by molar-refractivity contribution is 1.31. The van der Waals surface area contributed by atoms with Gasteiger partial charge in [-0.25, -0.2) is 4.98 Å². The topological polar surface area (TPSA) is 30.2 Å². The molecule has 0 aliphatic heterocycles. The number of nitrogens with zero attached hydrogens (tertiary/aromatic N) is 3. The molecular weight excluding hydrogens is 330 g/mol. The summed E-state index contributed by atoms with van der Waals surface area (Å²) in [5, 5.41) is 3.63. The van der Waals surface area contributed by atoms with E-state index in [4.69, 9.17) is 4.98 Å². The van der Waals surface area contributed by atoms with Crippen LogP contribution in [0.5, 0.6) is 0 Å². The van der Waals surface area contributed by atoms with Gasteiger partial charge in [-0.05, 0) is 52.9 Å². The van der Waals surface area contributed by atoms with E-state index in [1.54, 1.807) is 0 Å². The van der Waals surface area contributed by atoms with Gasteiger partial charge in [-0.3, -0.25) is 9.38 Å². The molecule has 0 saturated heterocycles. The summed E-state index contributed by atoms with van der Waals surface area (Å²) in [6.45, 7) is 0. The molecule has 27 heavy (non-hydrogen) atoms. The van der Waals surface area contributed by atoms with Crippen molar-refractivity contribution in [2.75, 3.05) is 0 Å². The molecule has 3 nitrogen and oxygen atoms in total. The summed E-state index contributed by atoms with van der Waals surface area (Å²) in [6, 6.07) is 27.6. The van der Waals surface area contributed by atoms with Gasteiger partial charge >= 0.3 is 0 Å². The molecule has 3 aromatic carbocycles. The molecule has 0 atom stereocenters. The fourth-order valence-electron chi connectivity index (χ4n) is 4.03. The van der Waals surface area contributed by atoms with E-state index in [9.17, 15) is 0 Å². The van der Waals surface area contributed by atoms with Crippen molar-refractivity contribution in [2.24, 2.45) is 0 Å². The Hall–Kier alpha value is -3.72. The second-order valence-corrected chi connectivity index (χ2v) is 6.77. The van der Waals surface area contributed by atoms with Crippen molar-refractivity contribution in [3.63, 3.8) is 0 Å². The SMILES string of the molecule is c1ccc2c(c1)nc1c3ccccc3c3cc(-c4ccncc4)ccc3n21. The van der Waals surface area contributed by atoms with Crippen molar-refractivity contribution < 1.29 is 0 Å². The Morgan fingerprint density at radius 2 is 1.37 bits per heavy atom. The van der Waals surface area contributed by atoms with Crippen molar-refractivity contribution >= 4 is 38.4 Å². The predicted molar refractivity (Wildman–Crippen MR) is 111 cm³/mol. The maximum absolute atomic E-state index is 4.93. The summed E-state index contributed by atoms with van der Waals surface area (Å²) < 4.78 is 2.28. The minimum absolute atomic E-state index is 1.01. The third-order valence-electron chi connectivity index (χ3n) is 5.27. The highest BCUT2D eigenvalue weighted by Gasteiger charge is 2.13. The van der Waals surface area contributed by atoms with Crippen LogP contribution >= 0.6 is 0 Å². The normalized spacial score (nSPS) is 11.7. The summed E-state index contributed by atoms with van der Waals surface area (Å²) in [6.07, 6.45) is 3.68. The van der Waals surface area contributed by atoms with Gasteiger partial charge in [0.15, 0.2) is 0 Å². The van der Waals surface area contributed by atoms with Crippen LogP contribution in [0.1, 0.15) is 0 Å². The first-order valence-electron chi connectivity index (χ1n) is 9.02. The van der Waals surface area contributed by atoms with Gasteiger partial charge in [-0.2, -0.15) is 0 Å². The molecule has 0 aliphatic carbocycles. The van der Waals surface area contributed by atoms with Gasteiger partial charge in [0.05, 0.1) is 16.6 Å². The molecule has 6 aromatic rings. The molecule has 0 spiro atoms. The van der Waals surface area contributed by atoms with Crippen LogP contribution in [0.3, 0.4) is 0 Å². The van der Waals surface area contributed by atoms with Gasteiger partial charge in [-0.1, -0.05) is 42.5 Å². The molecule has 0 aliphatic rings. The average Bonchev–Trinajstić information content (AvgIpc) is 3.14. The van der Waals surface area contributed by atoms with Gasteiger partial charge in [0.1, 0.15) is 5.65 Å². The van der Waals surface area contributed by atoms with Crippen molar-refractivity contribution in [2.45, 2.75) is 0 Å². The Bertz CT molecular complexity index is 1460. The molecule has 3 aromatic heterocycles. The number of hydrogen-bond acceptors (Lipinski definition) is 2. The van der Waals surface area contributed by atoms with E-state index >= 15 is 0 Å². The van der Waals surface area contributed by atoms with E-state index in [1.165, 1.54) is 32.8 Å². The molecule has 3 heterocycles. The quantitative estimate of drug-likeness (QED) is 0.350. The Labute approximate surface area is 155 Å². The van der Waals surface area contributed by atoms with Crippen LogP contribution in [0.15, 0.2) is 91.3 Å². The first kappa shape index (κ1) is 14.4. The number of imidazole rings is 1. The zero-order valence-electron chi connectivity index (χ0n) is 14.5. The van der Waals surface area contributed by atoms with Gasteiger partial charge in [-0.15, -0.1) is 0 Å². The minimum Gasteiger partial charge on any atom is -0.292 e. The standard InChI is InChI=1S/C24H15N3/c1-2-6-19-18(5-1)20-15-17(16-11-13-25-14-12-16)9-10-22(20)27-23-8-4-3-7-21(23)26-24(19)27/h1-15H. The number of benzene rings is 3. The maximum atomic E-state index is 4.93. The molecule has 6 rings (SSSR count). The monoisotopic (exact) mass is 345 g/mol. The molecule has 0 N–H and O–H groups in total. The zero-order chi connectivity index (χ0) is 17.8. The Balaban J connectivity index is 1.85.